The fourth-order valence-corrected chi connectivity index (χ4v) is 2.58. The Kier molecular flexibility index (Phi) is 5.39. The maximum atomic E-state index is 12.1. The van der Waals surface area contributed by atoms with Crippen LogP contribution in [0.25, 0.3) is 0 Å². The second-order valence-electron chi connectivity index (χ2n) is 5.13. The van der Waals surface area contributed by atoms with Crippen molar-refractivity contribution in [1.29, 1.82) is 0 Å². The molecule has 0 spiro atoms. The molecule has 1 fully saturated rings. The van der Waals surface area contributed by atoms with Crippen molar-refractivity contribution in [3.05, 3.63) is 28.2 Å². The third-order valence-electron chi connectivity index (χ3n) is 3.57. The number of nitrogen functional groups attached to an aromatic ring is 1. The minimum Gasteiger partial charge on any atom is -0.398 e. The minimum absolute atomic E-state index is 0.113. The fraction of sp³-hybridized carbons (Fsp3) is 0.500. The summed E-state index contributed by atoms with van der Waals surface area (Å²) in [5, 5.41) is 2.93. The number of rotatable bonds is 4. The van der Waals surface area contributed by atoms with Gasteiger partial charge in [-0.25, -0.2) is 0 Å². The van der Waals surface area contributed by atoms with Gasteiger partial charge in [-0.2, -0.15) is 0 Å². The third kappa shape index (κ3) is 4.19. The maximum Gasteiger partial charge on any atom is 0.253 e. The van der Waals surface area contributed by atoms with Gasteiger partial charge in [0.1, 0.15) is 0 Å². The van der Waals surface area contributed by atoms with Gasteiger partial charge in [-0.1, -0.05) is 15.9 Å². The van der Waals surface area contributed by atoms with Crippen LogP contribution in [0.5, 0.6) is 0 Å². The highest BCUT2D eigenvalue weighted by molar-refractivity contribution is 9.10. The molecular weight excluding hydrogens is 320 g/mol. The molecule has 0 bridgehead atoms. The highest BCUT2D eigenvalue weighted by Gasteiger charge is 2.14. The van der Waals surface area contributed by atoms with Crippen molar-refractivity contribution in [2.75, 3.05) is 52.0 Å². The van der Waals surface area contributed by atoms with Gasteiger partial charge in [0.25, 0.3) is 5.91 Å². The molecular formula is C14H21BrN4O. The zero-order chi connectivity index (χ0) is 14.5. The minimum atomic E-state index is -0.113. The normalized spacial score (nSPS) is 17.1. The van der Waals surface area contributed by atoms with Crippen molar-refractivity contribution in [1.82, 2.24) is 15.1 Å². The molecule has 1 aromatic carbocycles. The molecule has 110 valence electrons. The van der Waals surface area contributed by atoms with Crippen LogP contribution < -0.4 is 11.1 Å². The average Bonchev–Trinajstić information content (AvgIpc) is 2.43. The molecule has 1 aliphatic rings. The lowest BCUT2D eigenvalue weighted by molar-refractivity contribution is 0.0942. The summed E-state index contributed by atoms with van der Waals surface area (Å²) in [5.41, 5.74) is 6.85. The van der Waals surface area contributed by atoms with E-state index >= 15 is 0 Å². The second-order valence-corrected chi connectivity index (χ2v) is 6.05. The van der Waals surface area contributed by atoms with E-state index in [1.54, 1.807) is 12.1 Å². The number of piperazine rings is 1. The summed E-state index contributed by atoms with van der Waals surface area (Å²) in [6.07, 6.45) is 0. The van der Waals surface area contributed by atoms with Gasteiger partial charge < -0.3 is 16.0 Å². The molecule has 2 rings (SSSR count). The molecule has 1 heterocycles. The average molecular weight is 341 g/mol. The van der Waals surface area contributed by atoms with Crippen molar-refractivity contribution in [2.24, 2.45) is 0 Å². The number of nitrogens with one attached hydrogen (secondary N) is 1. The third-order valence-corrected chi connectivity index (χ3v) is 4.06. The number of benzene rings is 1. The van der Waals surface area contributed by atoms with E-state index in [9.17, 15) is 4.79 Å². The number of hydrogen-bond donors (Lipinski definition) is 2. The number of nitrogens with two attached hydrogens (primary N) is 1. The first kappa shape index (κ1) is 15.3. The van der Waals surface area contributed by atoms with Crippen LogP contribution in [0.3, 0.4) is 0 Å². The van der Waals surface area contributed by atoms with E-state index in [2.05, 4.69) is 38.1 Å². The summed E-state index contributed by atoms with van der Waals surface area (Å²) >= 11 is 3.35. The Balaban J connectivity index is 1.79. The Morgan fingerprint density at radius 2 is 2.05 bits per heavy atom. The predicted octanol–water partition coefficient (Wildman–Crippen LogP) is 1.01. The van der Waals surface area contributed by atoms with E-state index in [0.29, 0.717) is 17.8 Å². The van der Waals surface area contributed by atoms with Crippen LogP contribution in [-0.2, 0) is 0 Å². The molecule has 20 heavy (non-hydrogen) atoms. The van der Waals surface area contributed by atoms with Crippen molar-refractivity contribution in [2.45, 2.75) is 0 Å². The van der Waals surface area contributed by atoms with Gasteiger partial charge in [0, 0.05) is 49.4 Å². The van der Waals surface area contributed by atoms with Gasteiger partial charge in [-0.05, 0) is 25.2 Å². The zero-order valence-electron chi connectivity index (χ0n) is 11.7. The van der Waals surface area contributed by atoms with E-state index in [1.807, 2.05) is 6.07 Å². The lowest BCUT2D eigenvalue weighted by Gasteiger charge is -2.32. The van der Waals surface area contributed by atoms with Crippen molar-refractivity contribution < 1.29 is 4.79 Å². The van der Waals surface area contributed by atoms with E-state index in [4.69, 9.17) is 5.73 Å². The number of nitrogens with zero attached hydrogens (tertiary/aromatic N) is 2. The number of hydrogen-bond acceptors (Lipinski definition) is 4. The Morgan fingerprint density at radius 3 is 2.75 bits per heavy atom. The van der Waals surface area contributed by atoms with Crippen molar-refractivity contribution >= 4 is 27.5 Å². The van der Waals surface area contributed by atoms with Crippen LogP contribution in [0.1, 0.15) is 10.4 Å². The Hall–Kier alpha value is -1.11. The monoisotopic (exact) mass is 340 g/mol. The Bertz CT molecular complexity index is 472. The molecule has 0 radical (unpaired) electrons. The van der Waals surface area contributed by atoms with Crippen LogP contribution in [0, 0.1) is 0 Å². The molecule has 0 saturated carbocycles. The maximum absolute atomic E-state index is 12.1. The molecule has 1 saturated heterocycles. The first-order chi connectivity index (χ1) is 9.56. The molecule has 5 nitrogen and oxygen atoms in total. The lowest BCUT2D eigenvalue weighted by Crippen LogP contribution is -2.46. The molecule has 0 atom stereocenters. The standard InChI is InChI=1S/C14H21BrN4O/c1-18-6-8-19(9-7-18)5-4-17-14(20)12-10-11(15)2-3-13(12)16/h2-3,10H,4-9,16H2,1H3,(H,17,20). The number of anilines is 1. The fourth-order valence-electron chi connectivity index (χ4n) is 2.22. The molecule has 1 aliphatic heterocycles. The zero-order valence-corrected chi connectivity index (χ0v) is 13.3. The number of amides is 1. The predicted molar refractivity (Wildman–Crippen MR) is 84.8 cm³/mol. The number of halogens is 1. The summed E-state index contributed by atoms with van der Waals surface area (Å²) in [6, 6.07) is 5.32. The summed E-state index contributed by atoms with van der Waals surface area (Å²) in [5.74, 6) is -0.113. The molecule has 0 unspecified atom stereocenters. The van der Waals surface area contributed by atoms with E-state index in [-0.39, 0.29) is 5.91 Å². The molecule has 1 aromatic rings. The summed E-state index contributed by atoms with van der Waals surface area (Å²) in [4.78, 5) is 16.8. The quantitative estimate of drug-likeness (QED) is 0.803. The van der Waals surface area contributed by atoms with Crippen molar-refractivity contribution in [3.8, 4) is 0 Å². The van der Waals surface area contributed by atoms with Gasteiger partial charge in [0.2, 0.25) is 0 Å². The largest absolute Gasteiger partial charge is 0.398 e. The Labute approximate surface area is 128 Å². The summed E-state index contributed by atoms with van der Waals surface area (Å²) in [6.45, 7) is 5.83. The van der Waals surface area contributed by atoms with Gasteiger partial charge in [0.15, 0.2) is 0 Å². The first-order valence-electron chi connectivity index (χ1n) is 6.80. The van der Waals surface area contributed by atoms with Gasteiger partial charge in [-0.15, -0.1) is 0 Å². The second kappa shape index (κ2) is 7.06. The highest BCUT2D eigenvalue weighted by atomic mass is 79.9. The summed E-state index contributed by atoms with van der Waals surface area (Å²) in [7, 11) is 2.13. The number of carbonyl (C=O) groups is 1. The van der Waals surface area contributed by atoms with Crippen molar-refractivity contribution in [3.63, 3.8) is 0 Å². The van der Waals surface area contributed by atoms with E-state index < -0.39 is 0 Å². The molecule has 1 amide bonds. The molecule has 3 N–H and O–H groups in total. The highest BCUT2D eigenvalue weighted by Crippen LogP contribution is 2.18. The topological polar surface area (TPSA) is 61.6 Å². The van der Waals surface area contributed by atoms with Gasteiger partial charge >= 0.3 is 0 Å². The number of carbonyl (C=O) groups excluding carboxylic acids is 1. The van der Waals surface area contributed by atoms with E-state index in [0.717, 1.165) is 37.2 Å². The summed E-state index contributed by atoms with van der Waals surface area (Å²) < 4.78 is 0.857. The number of likely N-dealkylation sites (N-methyl/N-ethyl adjacent to an activating group) is 1. The first-order valence-corrected chi connectivity index (χ1v) is 7.59. The molecule has 0 aromatic heterocycles. The van der Waals surface area contributed by atoms with Gasteiger partial charge in [-0.3, -0.25) is 9.69 Å². The smallest absolute Gasteiger partial charge is 0.253 e. The van der Waals surface area contributed by atoms with E-state index in [1.165, 1.54) is 0 Å². The van der Waals surface area contributed by atoms with Crippen LogP contribution >= 0.6 is 15.9 Å². The van der Waals surface area contributed by atoms with Crippen LogP contribution in [0.15, 0.2) is 22.7 Å². The molecule has 0 aliphatic carbocycles. The van der Waals surface area contributed by atoms with Gasteiger partial charge in [0.05, 0.1) is 5.56 Å². The van der Waals surface area contributed by atoms with Crippen LogP contribution in [0.2, 0.25) is 0 Å². The Morgan fingerprint density at radius 1 is 1.35 bits per heavy atom. The van der Waals surface area contributed by atoms with Crippen LogP contribution in [0.4, 0.5) is 5.69 Å². The molecule has 6 heteroatoms. The SMILES string of the molecule is CN1CCN(CCNC(=O)c2cc(Br)ccc2N)CC1. The lowest BCUT2D eigenvalue weighted by atomic mass is 10.1. The van der Waals surface area contributed by atoms with Crippen LogP contribution in [-0.4, -0.2) is 62.0 Å².